The lowest BCUT2D eigenvalue weighted by atomic mass is 10.3. The van der Waals surface area contributed by atoms with E-state index in [0.29, 0.717) is 6.08 Å². The predicted molar refractivity (Wildman–Crippen MR) is 31.3 cm³/mol. The molecule has 0 rings (SSSR count). The van der Waals surface area contributed by atoms with Gasteiger partial charge in [-0.2, -0.15) is 13.2 Å². The fourth-order valence-corrected chi connectivity index (χ4v) is 0.370. The summed E-state index contributed by atoms with van der Waals surface area (Å²) in [5, 5.41) is 0. The molecule has 0 aliphatic carbocycles. The Kier molecular flexibility index (Phi) is 2.99. The van der Waals surface area contributed by atoms with Crippen molar-refractivity contribution in [1.82, 2.24) is 0 Å². The van der Waals surface area contributed by atoms with Crippen molar-refractivity contribution in [2.24, 2.45) is 0 Å². The van der Waals surface area contributed by atoms with Crippen LogP contribution in [-0.4, -0.2) is 12.3 Å². The molecule has 0 heterocycles. The zero-order valence-corrected chi connectivity index (χ0v) is 5.19. The van der Waals surface area contributed by atoms with E-state index < -0.39 is 12.3 Å². The minimum Gasteiger partial charge on any atom is -0.485 e. The van der Waals surface area contributed by atoms with Crippen LogP contribution in [-0.2, 0) is 4.74 Å². The lowest BCUT2D eigenvalue weighted by Gasteiger charge is -2.14. The minimum atomic E-state index is -4.39. The third-order valence-electron chi connectivity index (χ3n) is 0.780. The van der Waals surface area contributed by atoms with Crippen LogP contribution < -0.4 is 0 Å². The SMILES string of the molecule is C=CO[C@H](C=C)C(F)(F)F. The minimum absolute atomic E-state index is 0.668. The fraction of sp³-hybridized carbons (Fsp3) is 0.333. The second kappa shape index (κ2) is 3.29. The van der Waals surface area contributed by atoms with Gasteiger partial charge in [-0.05, 0) is 6.08 Å². The van der Waals surface area contributed by atoms with E-state index in [9.17, 15) is 13.2 Å². The molecule has 10 heavy (non-hydrogen) atoms. The second-order valence-corrected chi connectivity index (χ2v) is 1.50. The van der Waals surface area contributed by atoms with Crippen LogP contribution in [0.2, 0.25) is 0 Å². The molecule has 4 heteroatoms. The van der Waals surface area contributed by atoms with Gasteiger partial charge in [0.1, 0.15) is 0 Å². The molecule has 0 saturated heterocycles. The van der Waals surface area contributed by atoms with Crippen LogP contribution in [0, 0.1) is 0 Å². The molecule has 1 nitrogen and oxygen atoms in total. The summed E-state index contributed by atoms with van der Waals surface area (Å²) in [6, 6.07) is 0. The molecular formula is C6H7F3O. The van der Waals surface area contributed by atoms with Gasteiger partial charge in [-0.1, -0.05) is 13.2 Å². The molecule has 0 bridgehead atoms. The summed E-state index contributed by atoms with van der Waals surface area (Å²) in [6.45, 7) is 5.95. The van der Waals surface area contributed by atoms with E-state index in [1.54, 1.807) is 0 Å². The average Bonchev–Trinajstić information content (AvgIpc) is 1.80. The van der Waals surface area contributed by atoms with Gasteiger partial charge in [0.15, 0.2) is 0 Å². The van der Waals surface area contributed by atoms with E-state index in [4.69, 9.17) is 0 Å². The molecular weight excluding hydrogens is 145 g/mol. The van der Waals surface area contributed by atoms with Gasteiger partial charge < -0.3 is 4.74 Å². The maximum Gasteiger partial charge on any atom is 0.429 e. The number of alkyl halides is 3. The molecule has 0 saturated carbocycles. The molecule has 58 valence electrons. The van der Waals surface area contributed by atoms with Gasteiger partial charge in [-0.3, -0.25) is 0 Å². The highest BCUT2D eigenvalue weighted by atomic mass is 19.4. The highest BCUT2D eigenvalue weighted by Gasteiger charge is 2.38. The van der Waals surface area contributed by atoms with Crippen molar-refractivity contribution in [3.8, 4) is 0 Å². The standard InChI is InChI=1S/C6H7F3O/c1-3-5(10-4-2)6(7,8)9/h3-5H,1-2H2/t5-/m1/s1. The third-order valence-corrected chi connectivity index (χ3v) is 0.780. The van der Waals surface area contributed by atoms with Crippen LogP contribution in [0.25, 0.3) is 0 Å². The highest BCUT2D eigenvalue weighted by Crippen LogP contribution is 2.23. The highest BCUT2D eigenvalue weighted by molar-refractivity contribution is 4.87. The summed E-state index contributed by atoms with van der Waals surface area (Å²) >= 11 is 0. The molecule has 0 aliphatic rings. The second-order valence-electron chi connectivity index (χ2n) is 1.50. The monoisotopic (exact) mass is 152 g/mol. The van der Waals surface area contributed by atoms with Crippen LogP contribution in [0.3, 0.4) is 0 Å². The molecule has 0 unspecified atom stereocenters. The Bertz CT molecular complexity index is 127. The van der Waals surface area contributed by atoms with Crippen LogP contribution in [0.5, 0.6) is 0 Å². The molecule has 0 fully saturated rings. The summed E-state index contributed by atoms with van der Waals surface area (Å²) in [6.07, 6.45) is -4.93. The van der Waals surface area contributed by atoms with E-state index in [1.165, 1.54) is 0 Å². The van der Waals surface area contributed by atoms with Crippen molar-refractivity contribution in [2.75, 3.05) is 0 Å². The van der Waals surface area contributed by atoms with E-state index in [1.807, 2.05) is 0 Å². The summed E-state index contributed by atoms with van der Waals surface area (Å²) in [5.41, 5.74) is 0. The molecule has 0 N–H and O–H groups in total. The first-order chi connectivity index (χ1) is 4.52. The Labute approximate surface area is 56.8 Å². The molecule has 0 radical (unpaired) electrons. The Morgan fingerprint density at radius 2 is 1.80 bits per heavy atom. The normalized spacial score (nSPS) is 13.9. The Balaban J connectivity index is 4.05. The number of hydrogen-bond donors (Lipinski definition) is 0. The van der Waals surface area contributed by atoms with Crippen molar-refractivity contribution < 1.29 is 17.9 Å². The number of hydrogen-bond acceptors (Lipinski definition) is 1. The molecule has 0 aromatic carbocycles. The zero-order valence-electron chi connectivity index (χ0n) is 5.19. The first kappa shape index (κ1) is 9.07. The van der Waals surface area contributed by atoms with Gasteiger partial charge >= 0.3 is 6.18 Å². The maximum atomic E-state index is 11.7. The molecule has 0 spiro atoms. The number of ether oxygens (including phenoxy) is 1. The van der Waals surface area contributed by atoms with Gasteiger partial charge in [-0.15, -0.1) is 0 Å². The molecule has 0 aliphatic heterocycles. The number of rotatable bonds is 3. The summed E-state index contributed by atoms with van der Waals surface area (Å²) in [7, 11) is 0. The summed E-state index contributed by atoms with van der Waals surface area (Å²) in [4.78, 5) is 0. The fourth-order valence-electron chi connectivity index (χ4n) is 0.370. The molecule has 0 aromatic heterocycles. The van der Waals surface area contributed by atoms with E-state index in [2.05, 4.69) is 17.9 Å². The third kappa shape index (κ3) is 2.57. The first-order valence-corrected chi connectivity index (χ1v) is 2.48. The van der Waals surface area contributed by atoms with Crippen molar-refractivity contribution in [2.45, 2.75) is 12.3 Å². The van der Waals surface area contributed by atoms with Crippen LogP contribution in [0.15, 0.2) is 25.5 Å². The lowest BCUT2D eigenvalue weighted by Crippen LogP contribution is -2.27. The summed E-state index contributed by atoms with van der Waals surface area (Å²) in [5.74, 6) is 0. The topological polar surface area (TPSA) is 9.23 Å². The Morgan fingerprint density at radius 1 is 1.30 bits per heavy atom. The largest absolute Gasteiger partial charge is 0.485 e. The smallest absolute Gasteiger partial charge is 0.429 e. The van der Waals surface area contributed by atoms with Crippen LogP contribution in [0.1, 0.15) is 0 Å². The van der Waals surface area contributed by atoms with Crippen molar-refractivity contribution >= 4 is 0 Å². The van der Waals surface area contributed by atoms with Gasteiger partial charge in [0.05, 0.1) is 6.26 Å². The van der Waals surface area contributed by atoms with E-state index >= 15 is 0 Å². The first-order valence-electron chi connectivity index (χ1n) is 2.48. The Morgan fingerprint density at radius 3 is 1.90 bits per heavy atom. The maximum absolute atomic E-state index is 11.7. The number of halogens is 3. The van der Waals surface area contributed by atoms with Crippen LogP contribution >= 0.6 is 0 Å². The van der Waals surface area contributed by atoms with Crippen molar-refractivity contribution in [1.29, 1.82) is 0 Å². The van der Waals surface area contributed by atoms with Crippen molar-refractivity contribution in [3.63, 3.8) is 0 Å². The summed E-state index contributed by atoms with van der Waals surface area (Å²) < 4.78 is 39.1. The quantitative estimate of drug-likeness (QED) is 0.445. The van der Waals surface area contributed by atoms with Gasteiger partial charge in [-0.25, -0.2) is 0 Å². The predicted octanol–water partition coefficient (Wildman–Crippen LogP) is 2.26. The Hall–Kier alpha value is -0.930. The molecule has 0 amide bonds. The van der Waals surface area contributed by atoms with E-state index in [0.717, 1.165) is 6.26 Å². The molecule has 0 aromatic rings. The van der Waals surface area contributed by atoms with Crippen molar-refractivity contribution in [3.05, 3.63) is 25.5 Å². The van der Waals surface area contributed by atoms with Crippen LogP contribution in [0.4, 0.5) is 13.2 Å². The van der Waals surface area contributed by atoms with Gasteiger partial charge in [0.25, 0.3) is 0 Å². The average molecular weight is 152 g/mol. The van der Waals surface area contributed by atoms with Gasteiger partial charge in [0.2, 0.25) is 6.10 Å². The molecule has 1 atom stereocenters. The lowest BCUT2D eigenvalue weighted by molar-refractivity contribution is -0.189. The van der Waals surface area contributed by atoms with Gasteiger partial charge in [0, 0.05) is 0 Å². The van der Waals surface area contributed by atoms with E-state index in [-0.39, 0.29) is 0 Å². The zero-order chi connectivity index (χ0) is 8.20.